The number of rotatable bonds is 3. The molecular weight excluding hydrogens is 178 g/mol. The maximum absolute atomic E-state index is 8.56. The van der Waals surface area contributed by atoms with Crippen molar-refractivity contribution in [2.45, 2.75) is 32.2 Å². The second-order valence-corrected chi connectivity index (χ2v) is 4.71. The van der Waals surface area contributed by atoms with Crippen molar-refractivity contribution in [1.29, 1.82) is 0 Å². The van der Waals surface area contributed by atoms with Crippen LogP contribution >= 0.6 is 0 Å². The van der Waals surface area contributed by atoms with Gasteiger partial charge in [-0.2, -0.15) is 0 Å². The Morgan fingerprint density at radius 3 is 2.93 bits per heavy atom. The van der Waals surface area contributed by atoms with Gasteiger partial charge in [-0.05, 0) is 25.2 Å². The quantitative estimate of drug-likeness (QED) is 0.305. The first-order chi connectivity index (χ1) is 6.70. The molecule has 1 heterocycles. The van der Waals surface area contributed by atoms with Crippen LogP contribution in [0.5, 0.6) is 0 Å². The maximum atomic E-state index is 8.56. The predicted molar refractivity (Wildman–Crippen MR) is 55.3 cm³/mol. The number of oxime groups is 1. The summed E-state index contributed by atoms with van der Waals surface area (Å²) in [4.78, 5) is 2.50. The van der Waals surface area contributed by atoms with Crippen LogP contribution in [0.4, 0.5) is 0 Å². The van der Waals surface area contributed by atoms with Crippen LogP contribution in [-0.4, -0.2) is 35.1 Å². The van der Waals surface area contributed by atoms with E-state index in [1.165, 1.54) is 25.8 Å². The van der Waals surface area contributed by atoms with Gasteiger partial charge in [0.25, 0.3) is 0 Å². The Morgan fingerprint density at radius 1 is 1.64 bits per heavy atom. The monoisotopic (exact) mass is 197 g/mol. The molecule has 80 valence electrons. The van der Waals surface area contributed by atoms with Crippen LogP contribution in [0, 0.1) is 11.8 Å². The van der Waals surface area contributed by atoms with E-state index in [9.17, 15) is 0 Å². The Labute approximate surface area is 84.8 Å². The lowest BCUT2D eigenvalue weighted by molar-refractivity contribution is 0.200. The fourth-order valence-corrected chi connectivity index (χ4v) is 2.79. The zero-order valence-corrected chi connectivity index (χ0v) is 8.69. The highest BCUT2D eigenvalue weighted by Crippen LogP contribution is 2.37. The summed E-state index contributed by atoms with van der Waals surface area (Å²) in [5.74, 6) is 1.44. The molecule has 2 rings (SSSR count). The third-order valence-corrected chi connectivity index (χ3v) is 3.65. The molecular formula is C10H19N3O. The Hall–Kier alpha value is -0.770. The lowest BCUT2D eigenvalue weighted by Gasteiger charge is -2.28. The molecule has 0 radical (unpaired) electrons. The van der Waals surface area contributed by atoms with E-state index >= 15 is 0 Å². The van der Waals surface area contributed by atoms with E-state index in [4.69, 9.17) is 10.9 Å². The SMILES string of the molecule is CC(CN1CC2CCC1C2)/C(N)=N/O. The molecule has 2 aliphatic rings. The fraction of sp³-hybridized carbons (Fsp3) is 0.900. The van der Waals surface area contributed by atoms with Crippen LogP contribution < -0.4 is 5.73 Å². The number of nitrogens with two attached hydrogens (primary N) is 1. The number of likely N-dealkylation sites (tertiary alicyclic amines) is 1. The molecule has 4 heteroatoms. The summed E-state index contributed by atoms with van der Waals surface area (Å²) in [6.45, 7) is 4.17. The third-order valence-electron chi connectivity index (χ3n) is 3.65. The van der Waals surface area contributed by atoms with E-state index in [0.717, 1.165) is 18.5 Å². The predicted octanol–water partition coefficient (Wildman–Crippen LogP) is 0.853. The van der Waals surface area contributed by atoms with E-state index < -0.39 is 0 Å². The van der Waals surface area contributed by atoms with E-state index in [2.05, 4.69) is 10.1 Å². The lowest BCUT2D eigenvalue weighted by Crippen LogP contribution is -2.39. The highest BCUT2D eigenvalue weighted by atomic mass is 16.4. The van der Waals surface area contributed by atoms with Gasteiger partial charge < -0.3 is 10.9 Å². The average molecular weight is 197 g/mol. The Balaban J connectivity index is 1.86. The molecule has 3 N–H and O–H groups in total. The Morgan fingerprint density at radius 2 is 2.43 bits per heavy atom. The van der Waals surface area contributed by atoms with Gasteiger partial charge in [0, 0.05) is 25.0 Å². The van der Waals surface area contributed by atoms with Crippen LogP contribution in [-0.2, 0) is 0 Å². The van der Waals surface area contributed by atoms with Crippen molar-refractivity contribution in [1.82, 2.24) is 4.90 Å². The second kappa shape index (κ2) is 3.77. The van der Waals surface area contributed by atoms with E-state index in [0.29, 0.717) is 5.84 Å². The van der Waals surface area contributed by atoms with Gasteiger partial charge in [-0.3, -0.25) is 4.90 Å². The van der Waals surface area contributed by atoms with Crippen molar-refractivity contribution in [2.75, 3.05) is 13.1 Å². The third kappa shape index (κ3) is 1.71. The van der Waals surface area contributed by atoms with Gasteiger partial charge in [0.2, 0.25) is 0 Å². The number of piperidine rings is 1. The molecule has 1 aliphatic heterocycles. The maximum Gasteiger partial charge on any atom is 0.143 e. The van der Waals surface area contributed by atoms with Crippen LogP contribution in [0.3, 0.4) is 0 Å². The lowest BCUT2D eigenvalue weighted by atomic mass is 10.1. The standard InChI is InChI=1S/C10H19N3O/c1-7(10(11)12-14)5-13-6-8-2-3-9(13)4-8/h7-9,14H,2-6H2,1H3,(H2,11,12). The van der Waals surface area contributed by atoms with Crippen LogP contribution in [0.1, 0.15) is 26.2 Å². The fourth-order valence-electron chi connectivity index (χ4n) is 2.79. The van der Waals surface area contributed by atoms with Gasteiger partial charge >= 0.3 is 0 Å². The minimum absolute atomic E-state index is 0.166. The van der Waals surface area contributed by atoms with E-state index in [1.807, 2.05) is 6.92 Å². The van der Waals surface area contributed by atoms with Crippen molar-refractivity contribution in [2.24, 2.45) is 22.7 Å². The average Bonchev–Trinajstić information content (AvgIpc) is 2.77. The summed E-state index contributed by atoms with van der Waals surface area (Å²) in [5, 5.41) is 11.6. The van der Waals surface area contributed by atoms with E-state index in [-0.39, 0.29) is 5.92 Å². The second-order valence-electron chi connectivity index (χ2n) is 4.71. The van der Waals surface area contributed by atoms with E-state index in [1.54, 1.807) is 0 Å². The molecule has 0 aromatic heterocycles. The summed E-state index contributed by atoms with van der Waals surface area (Å²) in [7, 11) is 0. The first-order valence-corrected chi connectivity index (χ1v) is 5.42. The number of amidine groups is 1. The minimum Gasteiger partial charge on any atom is -0.409 e. The summed E-state index contributed by atoms with van der Waals surface area (Å²) in [6.07, 6.45) is 4.11. The van der Waals surface area contributed by atoms with Crippen LogP contribution in [0.2, 0.25) is 0 Å². The van der Waals surface area contributed by atoms with Gasteiger partial charge in [0.05, 0.1) is 0 Å². The summed E-state index contributed by atoms with van der Waals surface area (Å²) in [5.41, 5.74) is 5.57. The molecule has 2 bridgehead atoms. The van der Waals surface area contributed by atoms with Gasteiger partial charge in [0.1, 0.15) is 5.84 Å². The molecule has 1 saturated heterocycles. The number of nitrogens with zero attached hydrogens (tertiary/aromatic N) is 2. The first-order valence-electron chi connectivity index (χ1n) is 5.42. The van der Waals surface area contributed by atoms with Gasteiger partial charge in [-0.15, -0.1) is 0 Å². The van der Waals surface area contributed by atoms with Crippen molar-refractivity contribution >= 4 is 5.84 Å². The molecule has 0 spiro atoms. The summed E-state index contributed by atoms with van der Waals surface area (Å²) in [6, 6.07) is 0.772. The Kier molecular flexibility index (Phi) is 2.63. The number of fused-ring (bicyclic) bond motifs is 2. The van der Waals surface area contributed by atoms with Crippen molar-refractivity contribution in [3.05, 3.63) is 0 Å². The minimum atomic E-state index is 0.166. The number of hydrogen-bond acceptors (Lipinski definition) is 3. The normalized spacial score (nSPS) is 35.1. The molecule has 3 unspecified atom stereocenters. The zero-order valence-electron chi connectivity index (χ0n) is 8.69. The summed E-state index contributed by atoms with van der Waals surface area (Å²) >= 11 is 0. The molecule has 0 aromatic carbocycles. The smallest absolute Gasteiger partial charge is 0.143 e. The highest BCUT2D eigenvalue weighted by molar-refractivity contribution is 5.82. The van der Waals surface area contributed by atoms with Crippen molar-refractivity contribution < 1.29 is 5.21 Å². The first kappa shape index (κ1) is 9.77. The molecule has 0 amide bonds. The molecule has 2 fully saturated rings. The summed E-state index contributed by atoms with van der Waals surface area (Å²) < 4.78 is 0. The van der Waals surface area contributed by atoms with Gasteiger partial charge in [-0.25, -0.2) is 0 Å². The molecule has 14 heavy (non-hydrogen) atoms. The molecule has 3 atom stereocenters. The topological polar surface area (TPSA) is 61.8 Å². The van der Waals surface area contributed by atoms with Crippen molar-refractivity contribution in [3.63, 3.8) is 0 Å². The van der Waals surface area contributed by atoms with Crippen LogP contribution in [0.25, 0.3) is 0 Å². The van der Waals surface area contributed by atoms with Crippen molar-refractivity contribution in [3.8, 4) is 0 Å². The molecule has 0 aromatic rings. The van der Waals surface area contributed by atoms with Gasteiger partial charge in [-0.1, -0.05) is 12.1 Å². The van der Waals surface area contributed by atoms with Gasteiger partial charge in [0.15, 0.2) is 0 Å². The highest BCUT2D eigenvalue weighted by Gasteiger charge is 2.38. The molecule has 1 saturated carbocycles. The molecule has 1 aliphatic carbocycles. The van der Waals surface area contributed by atoms with Crippen LogP contribution in [0.15, 0.2) is 5.16 Å². The Bertz CT molecular complexity index is 242. The number of hydrogen-bond donors (Lipinski definition) is 2. The molecule has 4 nitrogen and oxygen atoms in total. The largest absolute Gasteiger partial charge is 0.409 e. The zero-order chi connectivity index (χ0) is 10.1.